The molecule has 0 spiro atoms. The smallest absolute Gasteiger partial charge is 0.256 e. The van der Waals surface area contributed by atoms with Gasteiger partial charge in [0.1, 0.15) is 17.3 Å². The molecule has 0 aliphatic carbocycles. The second kappa shape index (κ2) is 8.19. The zero-order chi connectivity index (χ0) is 18.5. The van der Waals surface area contributed by atoms with Crippen LogP contribution in [-0.4, -0.2) is 56.1 Å². The number of benzene rings is 2. The van der Waals surface area contributed by atoms with Gasteiger partial charge in [0.15, 0.2) is 0 Å². The van der Waals surface area contributed by atoms with Gasteiger partial charge in [-0.15, -0.1) is 0 Å². The number of carbonyl (C=O) groups is 1. The van der Waals surface area contributed by atoms with Crippen LogP contribution in [-0.2, 0) is 6.54 Å². The molecule has 1 aliphatic rings. The lowest BCUT2D eigenvalue weighted by molar-refractivity contribution is 0.0623. The molecule has 138 valence electrons. The molecule has 1 aliphatic heterocycles. The molecule has 1 saturated heterocycles. The van der Waals surface area contributed by atoms with Crippen molar-refractivity contribution in [3.8, 4) is 11.5 Å². The van der Waals surface area contributed by atoms with Crippen molar-refractivity contribution < 1.29 is 18.7 Å². The third-order valence-electron chi connectivity index (χ3n) is 4.65. The normalized spacial score (nSPS) is 15.0. The maximum atomic E-state index is 13.8. The molecule has 0 atom stereocenters. The zero-order valence-corrected chi connectivity index (χ0v) is 15.1. The minimum Gasteiger partial charge on any atom is -0.497 e. The minimum atomic E-state index is -0.471. The predicted octanol–water partition coefficient (Wildman–Crippen LogP) is 2.80. The Morgan fingerprint density at radius 3 is 2.42 bits per heavy atom. The van der Waals surface area contributed by atoms with Crippen molar-refractivity contribution in [1.29, 1.82) is 0 Å². The Kier molecular flexibility index (Phi) is 5.73. The highest BCUT2D eigenvalue weighted by molar-refractivity contribution is 5.94. The number of halogens is 1. The maximum Gasteiger partial charge on any atom is 0.256 e. The van der Waals surface area contributed by atoms with E-state index in [4.69, 9.17) is 9.47 Å². The summed E-state index contributed by atoms with van der Waals surface area (Å²) in [6.45, 7) is 3.29. The summed E-state index contributed by atoms with van der Waals surface area (Å²) in [7, 11) is 3.29. The van der Waals surface area contributed by atoms with Crippen molar-refractivity contribution in [1.82, 2.24) is 9.80 Å². The number of hydrogen-bond acceptors (Lipinski definition) is 4. The lowest BCUT2D eigenvalue weighted by Gasteiger charge is -2.35. The summed E-state index contributed by atoms with van der Waals surface area (Å²) in [4.78, 5) is 16.5. The molecule has 0 N–H and O–H groups in total. The highest BCUT2D eigenvalue weighted by Gasteiger charge is 2.24. The van der Waals surface area contributed by atoms with Gasteiger partial charge in [0, 0.05) is 38.3 Å². The summed E-state index contributed by atoms with van der Waals surface area (Å²) in [5, 5.41) is 0. The Balaban J connectivity index is 1.62. The van der Waals surface area contributed by atoms with Crippen LogP contribution in [0.2, 0.25) is 0 Å². The lowest BCUT2D eigenvalue weighted by atomic mass is 10.1. The van der Waals surface area contributed by atoms with Crippen molar-refractivity contribution in [3.63, 3.8) is 0 Å². The van der Waals surface area contributed by atoms with Crippen LogP contribution in [0.4, 0.5) is 4.39 Å². The zero-order valence-electron chi connectivity index (χ0n) is 15.1. The van der Waals surface area contributed by atoms with Gasteiger partial charge in [-0.1, -0.05) is 12.1 Å². The number of amides is 1. The van der Waals surface area contributed by atoms with E-state index in [1.807, 2.05) is 18.2 Å². The summed E-state index contributed by atoms with van der Waals surface area (Å²) in [5.41, 5.74) is 1.18. The van der Waals surface area contributed by atoms with Crippen LogP contribution in [0, 0.1) is 5.82 Å². The van der Waals surface area contributed by atoms with Gasteiger partial charge >= 0.3 is 0 Å². The number of rotatable bonds is 5. The highest BCUT2D eigenvalue weighted by atomic mass is 19.1. The molecule has 1 fully saturated rings. The maximum absolute atomic E-state index is 13.8. The van der Waals surface area contributed by atoms with Crippen LogP contribution in [0.1, 0.15) is 15.9 Å². The van der Waals surface area contributed by atoms with E-state index in [2.05, 4.69) is 4.90 Å². The van der Waals surface area contributed by atoms with Gasteiger partial charge in [0.2, 0.25) is 0 Å². The summed E-state index contributed by atoms with van der Waals surface area (Å²) < 4.78 is 24.5. The van der Waals surface area contributed by atoms with Crippen LogP contribution in [0.25, 0.3) is 0 Å². The fourth-order valence-corrected chi connectivity index (χ4v) is 3.16. The molecule has 5 nitrogen and oxygen atoms in total. The van der Waals surface area contributed by atoms with E-state index in [-0.39, 0.29) is 11.5 Å². The molecule has 3 rings (SSSR count). The van der Waals surface area contributed by atoms with E-state index in [1.165, 1.54) is 12.1 Å². The lowest BCUT2D eigenvalue weighted by Crippen LogP contribution is -2.48. The SMILES string of the molecule is COc1ccc(OC)c(CN2CCN(C(=O)c3ccccc3F)CC2)c1. The van der Waals surface area contributed by atoms with Gasteiger partial charge in [-0.05, 0) is 30.3 Å². The molecule has 0 unspecified atom stereocenters. The number of ether oxygens (including phenoxy) is 2. The van der Waals surface area contributed by atoms with E-state index >= 15 is 0 Å². The van der Waals surface area contributed by atoms with Crippen LogP contribution >= 0.6 is 0 Å². The van der Waals surface area contributed by atoms with E-state index in [1.54, 1.807) is 31.3 Å². The number of piperazine rings is 1. The average Bonchev–Trinajstić information content (AvgIpc) is 2.68. The minimum absolute atomic E-state index is 0.135. The van der Waals surface area contributed by atoms with Crippen LogP contribution < -0.4 is 9.47 Å². The number of nitrogens with zero attached hydrogens (tertiary/aromatic N) is 2. The quantitative estimate of drug-likeness (QED) is 0.824. The van der Waals surface area contributed by atoms with Gasteiger partial charge < -0.3 is 14.4 Å². The average molecular weight is 358 g/mol. The topological polar surface area (TPSA) is 42.0 Å². The standard InChI is InChI=1S/C20H23FN2O3/c1-25-16-7-8-19(26-2)15(13-16)14-22-9-11-23(12-10-22)20(24)17-5-3-4-6-18(17)21/h3-8,13H,9-12,14H2,1-2H3. The van der Waals surface area contributed by atoms with Gasteiger partial charge in [0.05, 0.1) is 19.8 Å². The summed E-state index contributed by atoms with van der Waals surface area (Å²) in [5.74, 6) is 0.882. The van der Waals surface area contributed by atoms with E-state index in [0.717, 1.165) is 30.2 Å². The van der Waals surface area contributed by atoms with Crippen LogP contribution in [0.3, 0.4) is 0 Å². The van der Waals surface area contributed by atoms with Crippen LogP contribution in [0.5, 0.6) is 11.5 Å². The van der Waals surface area contributed by atoms with Crippen molar-refractivity contribution >= 4 is 5.91 Å². The molecular formula is C20H23FN2O3. The first-order valence-corrected chi connectivity index (χ1v) is 8.59. The van der Waals surface area contributed by atoms with E-state index < -0.39 is 5.82 Å². The summed E-state index contributed by atoms with van der Waals surface area (Å²) in [6.07, 6.45) is 0. The van der Waals surface area contributed by atoms with Crippen molar-refractivity contribution in [2.24, 2.45) is 0 Å². The van der Waals surface area contributed by atoms with Gasteiger partial charge in [-0.2, -0.15) is 0 Å². The third-order valence-corrected chi connectivity index (χ3v) is 4.65. The largest absolute Gasteiger partial charge is 0.497 e. The third kappa shape index (κ3) is 3.96. The Morgan fingerprint density at radius 1 is 1.04 bits per heavy atom. The summed E-state index contributed by atoms with van der Waals surface area (Å²) >= 11 is 0. The van der Waals surface area contributed by atoms with Crippen molar-refractivity contribution in [3.05, 3.63) is 59.4 Å². The molecule has 0 bridgehead atoms. The first-order valence-electron chi connectivity index (χ1n) is 8.59. The van der Waals surface area contributed by atoms with Crippen molar-refractivity contribution in [2.45, 2.75) is 6.54 Å². The first-order chi connectivity index (χ1) is 12.6. The van der Waals surface area contributed by atoms with Gasteiger partial charge in [-0.3, -0.25) is 9.69 Å². The molecule has 1 amide bonds. The predicted molar refractivity (Wildman–Crippen MR) is 97.1 cm³/mol. The molecule has 6 heteroatoms. The molecule has 2 aromatic rings. The number of methoxy groups -OCH3 is 2. The fourth-order valence-electron chi connectivity index (χ4n) is 3.16. The molecule has 0 aromatic heterocycles. The number of hydrogen-bond donors (Lipinski definition) is 0. The number of carbonyl (C=O) groups excluding carboxylic acids is 1. The van der Waals surface area contributed by atoms with Gasteiger partial charge in [0.25, 0.3) is 5.91 Å². The van der Waals surface area contributed by atoms with Crippen molar-refractivity contribution in [2.75, 3.05) is 40.4 Å². The Morgan fingerprint density at radius 2 is 1.77 bits per heavy atom. The van der Waals surface area contributed by atoms with Crippen LogP contribution in [0.15, 0.2) is 42.5 Å². The second-order valence-electron chi connectivity index (χ2n) is 6.23. The monoisotopic (exact) mass is 358 g/mol. The molecule has 2 aromatic carbocycles. The highest BCUT2D eigenvalue weighted by Crippen LogP contribution is 2.25. The Bertz CT molecular complexity index is 773. The van der Waals surface area contributed by atoms with E-state index in [0.29, 0.717) is 19.6 Å². The molecule has 0 radical (unpaired) electrons. The molecule has 0 saturated carbocycles. The summed E-state index contributed by atoms with van der Waals surface area (Å²) in [6, 6.07) is 11.9. The molecule has 1 heterocycles. The Hall–Kier alpha value is -2.60. The second-order valence-corrected chi connectivity index (χ2v) is 6.23. The molecule has 26 heavy (non-hydrogen) atoms. The van der Waals surface area contributed by atoms with Gasteiger partial charge in [-0.25, -0.2) is 4.39 Å². The van der Waals surface area contributed by atoms with E-state index in [9.17, 15) is 9.18 Å². The fraction of sp³-hybridized carbons (Fsp3) is 0.350. The first kappa shape index (κ1) is 18.2. The molecular weight excluding hydrogens is 335 g/mol. The Labute approximate surface area is 152 Å².